The smallest absolute Gasteiger partial charge is 0.312 e. The number of Topliss-reactive ketones (excluding diaryl/α,β-unsaturated/α-hetero) is 1. The summed E-state index contributed by atoms with van der Waals surface area (Å²) in [6.07, 6.45) is 2.22. The minimum Gasteiger partial charge on any atom is -0.322 e. The summed E-state index contributed by atoms with van der Waals surface area (Å²) in [4.78, 5) is 24.8. The van der Waals surface area contributed by atoms with Crippen molar-refractivity contribution in [3.8, 4) is 0 Å². The Morgan fingerprint density at radius 3 is 2.86 bits per heavy atom. The van der Waals surface area contributed by atoms with Crippen LogP contribution < -0.4 is 5.32 Å². The summed E-state index contributed by atoms with van der Waals surface area (Å²) in [5, 5.41) is 5.45. The number of fused-ring (bicyclic) bond motifs is 1. The number of carbonyl (C=O) groups is 1. The standard InChI is InChI=1S/C17H17N2O2/c20-12-19-8-7-18-11-16(19)17(21)10-13-5-6-14-3-1-2-4-15(14)9-13/h1-6,9,16,18H,7-8,10-11H2. The van der Waals surface area contributed by atoms with Gasteiger partial charge in [-0.3, -0.25) is 9.59 Å². The second-order valence-electron chi connectivity index (χ2n) is 5.33. The van der Waals surface area contributed by atoms with E-state index in [9.17, 15) is 9.59 Å². The summed E-state index contributed by atoms with van der Waals surface area (Å²) in [5.41, 5.74) is 0.982. The molecule has 1 aliphatic heterocycles. The van der Waals surface area contributed by atoms with E-state index in [4.69, 9.17) is 0 Å². The normalized spacial score (nSPS) is 18.7. The first-order valence-electron chi connectivity index (χ1n) is 7.13. The number of benzene rings is 2. The summed E-state index contributed by atoms with van der Waals surface area (Å²) in [6, 6.07) is 13.7. The second kappa shape index (κ2) is 6.06. The van der Waals surface area contributed by atoms with Gasteiger partial charge in [-0.05, 0) is 16.3 Å². The first kappa shape index (κ1) is 13.8. The van der Waals surface area contributed by atoms with E-state index in [0.717, 1.165) is 22.9 Å². The van der Waals surface area contributed by atoms with Crippen molar-refractivity contribution in [1.82, 2.24) is 10.2 Å². The third-order valence-electron chi connectivity index (χ3n) is 3.92. The minimum atomic E-state index is -0.400. The Balaban J connectivity index is 1.77. The molecular formula is C17H17N2O2. The Bertz CT molecular complexity index is 669. The molecule has 0 aliphatic carbocycles. The van der Waals surface area contributed by atoms with Crippen LogP contribution in [0.15, 0.2) is 42.5 Å². The SMILES string of the molecule is O=[C]N1CCNCC1C(=O)Cc1ccc2ccccc2c1. The quantitative estimate of drug-likeness (QED) is 0.919. The number of hydrogen-bond donors (Lipinski definition) is 1. The molecule has 4 nitrogen and oxygen atoms in total. The molecule has 107 valence electrons. The van der Waals surface area contributed by atoms with Crippen LogP contribution in [0.25, 0.3) is 10.8 Å². The first-order valence-corrected chi connectivity index (χ1v) is 7.13. The third kappa shape index (κ3) is 2.95. The fraction of sp³-hybridized carbons (Fsp3) is 0.294. The van der Waals surface area contributed by atoms with Gasteiger partial charge in [0.15, 0.2) is 5.78 Å². The van der Waals surface area contributed by atoms with Gasteiger partial charge in [0.2, 0.25) is 0 Å². The van der Waals surface area contributed by atoms with Crippen molar-refractivity contribution in [2.45, 2.75) is 12.5 Å². The molecule has 2 aromatic rings. The van der Waals surface area contributed by atoms with E-state index < -0.39 is 6.04 Å². The lowest BCUT2D eigenvalue weighted by molar-refractivity contribution is -0.122. The molecule has 4 heteroatoms. The van der Waals surface area contributed by atoms with Gasteiger partial charge in [-0.15, -0.1) is 0 Å². The molecule has 21 heavy (non-hydrogen) atoms. The van der Waals surface area contributed by atoms with E-state index >= 15 is 0 Å². The molecule has 1 atom stereocenters. The van der Waals surface area contributed by atoms with Crippen molar-refractivity contribution in [1.29, 1.82) is 0 Å². The molecule has 0 aromatic heterocycles. The zero-order valence-corrected chi connectivity index (χ0v) is 11.7. The molecule has 1 amide bonds. The fourth-order valence-corrected chi connectivity index (χ4v) is 2.77. The van der Waals surface area contributed by atoms with Crippen molar-refractivity contribution in [2.24, 2.45) is 0 Å². The maximum atomic E-state index is 12.4. The number of piperazine rings is 1. The van der Waals surface area contributed by atoms with Crippen LogP contribution in [-0.4, -0.2) is 42.8 Å². The topological polar surface area (TPSA) is 49.4 Å². The Morgan fingerprint density at radius 1 is 1.24 bits per heavy atom. The highest BCUT2D eigenvalue weighted by Crippen LogP contribution is 2.17. The van der Waals surface area contributed by atoms with Crippen molar-refractivity contribution in [2.75, 3.05) is 19.6 Å². The Labute approximate surface area is 123 Å². The molecule has 1 unspecified atom stereocenters. The second-order valence-corrected chi connectivity index (χ2v) is 5.33. The molecule has 2 aromatic carbocycles. The molecule has 0 bridgehead atoms. The van der Waals surface area contributed by atoms with E-state index in [-0.39, 0.29) is 5.78 Å². The molecule has 3 rings (SSSR count). The number of ketones is 1. The lowest BCUT2D eigenvalue weighted by Gasteiger charge is -2.31. The molecule has 1 fully saturated rings. The van der Waals surface area contributed by atoms with Crippen LogP contribution in [0, 0.1) is 0 Å². The van der Waals surface area contributed by atoms with Crippen molar-refractivity contribution in [3.63, 3.8) is 0 Å². The van der Waals surface area contributed by atoms with Gasteiger partial charge < -0.3 is 10.2 Å². The highest BCUT2D eigenvalue weighted by atomic mass is 16.1. The first-order chi connectivity index (χ1) is 10.3. The molecule has 1 N–H and O–H groups in total. The maximum Gasteiger partial charge on any atom is 0.312 e. The predicted octanol–water partition coefficient (Wildman–Crippen LogP) is 1.29. The van der Waals surface area contributed by atoms with Crippen LogP contribution in [0.3, 0.4) is 0 Å². The van der Waals surface area contributed by atoms with Crippen LogP contribution in [0.5, 0.6) is 0 Å². The lowest BCUT2D eigenvalue weighted by Crippen LogP contribution is -2.54. The van der Waals surface area contributed by atoms with E-state index in [1.54, 1.807) is 0 Å². The van der Waals surface area contributed by atoms with Crippen LogP contribution >= 0.6 is 0 Å². The lowest BCUT2D eigenvalue weighted by atomic mass is 9.99. The number of nitrogens with zero attached hydrogens (tertiary/aromatic N) is 1. The molecular weight excluding hydrogens is 264 g/mol. The number of rotatable bonds is 4. The van der Waals surface area contributed by atoms with Crippen LogP contribution in [0.4, 0.5) is 0 Å². The van der Waals surface area contributed by atoms with E-state index in [1.807, 2.05) is 42.8 Å². The molecule has 1 heterocycles. The maximum absolute atomic E-state index is 12.4. The zero-order valence-electron chi connectivity index (χ0n) is 11.7. The van der Waals surface area contributed by atoms with Gasteiger partial charge in [-0.25, -0.2) is 0 Å². The average Bonchev–Trinajstić information content (AvgIpc) is 2.54. The van der Waals surface area contributed by atoms with E-state index in [1.165, 1.54) is 4.90 Å². The zero-order chi connectivity index (χ0) is 14.7. The van der Waals surface area contributed by atoms with E-state index in [0.29, 0.717) is 19.5 Å². The number of hydrogen-bond acceptors (Lipinski definition) is 3. The average molecular weight is 281 g/mol. The number of amides is 1. The van der Waals surface area contributed by atoms with Gasteiger partial charge in [-0.2, -0.15) is 0 Å². The predicted molar refractivity (Wildman–Crippen MR) is 81.7 cm³/mol. The summed E-state index contributed by atoms with van der Waals surface area (Å²) < 4.78 is 0. The minimum absolute atomic E-state index is 0.0563. The van der Waals surface area contributed by atoms with Gasteiger partial charge in [0, 0.05) is 26.1 Å². The monoisotopic (exact) mass is 281 g/mol. The summed E-state index contributed by atoms with van der Waals surface area (Å²) in [5.74, 6) is 0.0563. The van der Waals surface area contributed by atoms with Crippen LogP contribution in [-0.2, 0) is 16.0 Å². The number of carbonyl (C=O) groups excluding carboxylic acids is 2. The highest BCUT2D eigenvalue weighted by Gasteiger charge is 2.27. The van der Waals surface area contributed by atoms with Gasteiger partial charge in [0.05, 0.1) is 0 Å². The van der Waals surface area contributed by atoms with Crippen LogP contribution in [0.1, 0.15) is 5.56 Å². The fourth-order valence-electron chi connectivity index (χ4n) is 2.77. The largest absolute Gasteiger partial charge is 0.322 e. The summed E-state index contributed by atoms with van der Waals surface area (Å²) in [6.45, 7) is 1.77. The highest BCUT2D eigenvalue weighted by molar-refractivity contribution is 5.90. The summed E-state index contributed by atoms with van der Waals surface area (Å²) >= 11 is 0. The van der Waals surface area contributed by atoms with Gasteiger partial charge in [0.1, 0.15) is 6.04 Å². The van der Waals surface area contributed by atoms with Crippen molar-refractivity contribution >= 4 is 23.0 Å². The number of nitrogens with one attached hydrogen (secondary N) is 1. The van der Waals surface area contributed by atoms with Gasteiger partial charge in [-0.1, -0.05) is 42.5 Å². The third-order valence-corrected chi connectivity index (χ3v) is 3.92. The van der Waals surface area contributed by atoms with Crippen molar-refractivity contribution in [3.05, 3.63) is 48.0 Å². The molecule has 1 radical (unpaired) electrons. The van der Waals surface area contributed by atoms with Gasteiger partial charge in [0.25, 0.3) is 0 Å². The van der Waals surface area contributed by atoms with Crippen molar-refractivity contribution < 1.29 is 9.59 Å². The summed E-state index contributed by atoms with van der Waals surface area (Å²) in [7, 11) is 0. The van der Waals surface area contributed by atoms with E-state index in [2.05, 4.69) is 11.4 Å². The molecule has 0 saturated carbocycles. The molecule has 1 saturated heterocycles. The molecule has 1 aliphatic rings. The molecule has 0 spiro atoms. The van der Waals surface area contributed by atoms with Gasteiger partial charge >= 0.3 is 6.41 Å². The Hall–Kier alpha value is -2.20. The Kier molecular flexibility index (Phi) is 3.97. The van der Waals surface area contributed by atoms with Crippen LogP contribution in [0.2, 0.25) is 0 Å². The Morgan fingerprint density at radius 2 is 2.05 bits per heavy atom.